The lowest BCUT2D eigenvalue weighted by Gasteiger charge is -2.40. The van der Waals surface area contributed by atoms with Gasteiger partial charge in [0, 0.05) is 11.8 Å². The predicted octanol–water partition coefficient (Wildman–Crippen LogP) is 2.36. The van der Waals surface area contributed by atoms with E-state index >= 15 is 0 Å². The van der Waals surface area contributed by atoms with Crippen molar-refractivity contribution in [3.8, 4) is 0 Å². The maximum atomic E-state index is 11.4. The van der Waals surface area contributed by atoms with Crippen molar-refractivity contribution in [1.29, 1.82) is 0 Å². The maximum Gasteiger partial charge on any atom is 0.156 e. The first-order chi connectivity index (χ1) is 8.16. The lowest BCUT2D eigenvalue weighted by atomic mass is 9.68. The molecule has 1 unspecified atom stereocenters. The predicted molar refractivity (Wildman–Crippen MR) is 71.1 cm³/mol. The van der Waals surface area contributed by atoms with Crippen LogP contribution < -0.4 is 0 Å². The maximum absolute atomic E-state index is 11.4. The van der Waals surface area contributed by atoms with Gasteiger partial charge in [0.05, 0.1) is 0 Å². The molecular formula is C15H20O3. The van der Waals surface area contributed by atoms with Crippen LogP contribution in [0.4, 0.5) is 0 Å². The number of rotatable bonds is 3. The van der Waals surface area contributed by atoms with Crippen LogP contribution in [0.1, 0.15) is 34.1 Å². The fraction of sp³-hybridized carbons (Fsp3) is 0.467. The molecule has 0 aromatic heterocycles. The summed E-state index contributed by atoms with van der Waals surface area (Å²) < 4.78 is 0. The van der Waals surface area contributed by atoms with E-state index in [1.165, 1.54) is 25.2 Å². The number of hydrogen-bond acceptors (Lipinski definition) is 3. The highest BCUT2D eigenvalue weighted by Gasteiger charge is 2.43. The fourth-order valence-corrected chi connectivity index (χ4v) is 1.99. The van der Waals surface area contributed by atoms with Crippen LogP contribution in [0.2, 0.25) is 0 Å². The highest BCUT2D eigenvalue weighted by Crippen LogP contribution is 2.40. The largest absolute Gasteiger partial charge is 0.381 e. The van der Waals surface area contributed by atoms with E-state index in [0.29, 0.717) is 6.42 Å². The van der Waals surface area contributed by atoms with Crippen molar-refractivity contribution in [2.45, 2.75) is 39.7 Å². The summed E-state index contributed by atoms with van der Waals surface area (Å²) in [5, 5.41) is 10.6. The number of aliphatic hydroxyl groups is 1. The zero-order valence-corrected chi connectivity index (χ0v) is 11.4. The molecular weight excluding hydrogens is 228 g/mol. The Morgan fingerprint density at radius 3 is 2.50 bits per heavy atom. The third-order valence-electron chi connectivity index (χ3n) is 3.25. The van der Waals surface area contributed by atoms with Gasteiger partial charge < -0.3 is 5.11 Å². The monoisotopic (exact) mass is 248 g/mol. The lowest BCUT2D eigenvalue weighted by molar-refractivity contribution is -0.120. The summed E-state index contributed by atoms with van der Waals surface area (Å²) in [5.74, 6) is -0.00756. The van der Waals surface area contributed by atoms with Gasteiger partial charge in [-0.3, -0.25) is 9.59 Å². The minimum absolute atomic E-state index is 0.0223. The molecule has 0 aromatic rings. The van der Waals surface area contributed by atoms with Gasteiger partial charge in [0.15, 0.2) is 11.6 Å². The third-order valence-corrected chi connectivity index (χ3v) is 3.25. The van der Waals surface area contributed by atoms with E-state index in [9.17, 15) is 14.7 Å². The molecule has 1 N–H and O–H groups in total. The number of carbonyl (C=O) groups excluding carboxylic acids is 2. The summed E-state index contributed by atoms with van der Waals surface area (Å²) in [6.07, 6.45) is 8.11. The van der Waals surface area contributed by atoms with Crippen molar-refractivity contribution in [3.63, 3.8) is 0 Å². The second-order valence-corrected chi connectivity index (χ2v) is 5.52. The molecule has 0 saturated heterocycles. The van der Waals surface area contributed by atoms with E-state index in [0.717, 1.165) is 5.57 Å². The molecule has 0 aromatic carbocycles. The Morgan fingerprint density at radius 1 is 1.39 bits per heavy atom. The van der Waals surface area contributed by atoms with Crippen molar-refractivity contribution in [3.05, 3.63) is 36.0 Å². The van der Waals surface area contributed by atoms with Gasteiger partial charge in [-0.2, -0.15) is 0 Å². The minimum atomic E-state index is -1.16. The Bertz CT molecular complexity index is 452. The van der Waals surface area contributed by atoms with Crippen LogP contribution in [0.25, 0.3) is 0 Å². The number of hydrogen-bond donors (Lipinski definition) is 1. The second kappa shape index (κ2) is 5.02. The average Bonchev–Trinajstić information content (AvgIpc) is 2.20. The van der Waals surface area contributed by atoms with Crippen molar-refractivity contribution >= 4 is 11.6 Å². The molecule has 0 aliphatic heterocycles. The van der Waals surface area contributed by atoms with Gasteiger partial charge in [0.1, 0.15) is 5.60 Å². The molecule has 0 fully saturated rings. The third kappa shape index (κ3) is 3.26. The van der Waals surface area contributed by atoms with Crippen LogP contribution in [0.3, 0.4) is 0 Å². The summed E-state index contributed by atoms with van der Waals surface area (Å²) in [5.41, 5.74) is -0.935. The molecule has 1 aliphatic rings. The van der Waals surface area contributed by atoms with Crippen LogP contribution in [0, 0.1) is 5.41 Å². The fourth-order valence-electron chi connectivity index (χ4n) is 1.99. The first-order valence-electron chi connectivity index (χ1n) is 5.99. The molecule has 0 amide bonds. The van der Waals surface area contributed by atoms with Gasteiger partial charge in [0.25, 0.3) is 0 Å². The van der Waals surface area contributed by atoms with E-state index in [2.05, 4.69) is 0 Å². The van der Waals surface area contributed by atoms with Crippen molar-refractivity contribution in [1.82, 2.24) is 0 Å². The molecule has 0 saturated carbocycles. The van der Waals surface area contributed by atoms with Gasteiger partial charge in [-0.05, 0) is 43.7 Å². The second-order valence-electron chi connectivity index (χ2n) is 5.52. The van der Waals surface area contributed by atoms with Crippen LogP contribution in [-0.4, -0.2) is 22.3 Å². The standard InChI is InChI=1S/C15H20O3/c1-11(9-12(2)16)5-7-15(18)8-6-13(17)10-14(15,3)4/h5-9,18H,10H2,1-4H3. The Morgan fingerprint density at radius 2 is 2.00 bits per heavy atom. The SMILES string of the molecule is CC(=O)C=C(C)C=CC1(O)C=CC(=O)CC1(C)C. The van der Waals surface area contributed by atoms with Gasteiger partial charge in [-0.1, -0.05) is 19.9 Å². The van der Waals surface area contributed by atoms with Crippen molar-refractivity contribution in [2.24, 2.45) is 5.41 Å². The Balaban J connectivity index is 3.01. The zero-order valence-electron chi connectivity index (χ0n) is 11.4. The van der Waals surface area contributed by atoms with E-state index in [-0.39, 0.29) is 11.6 Å². The first-order valence-corrected chi connectivity index (χ1v) is 5.99. The summed E-state index contributed by atoms with van der Waals surface area (Å²) >= 11 is 0. The summed E-state index contributed by atoms with van der Waals surface area (Å²) in [6.45, 7) is 6.98. The minimum Gasteiger partial charge on any atom is -0.381 e. The molecule has 3 nitrogen and oxygen atoms in total. The summed E-state index contributed by atoms with van der Waals surface area (Å²) in [4.78, 5) is 22.3. The number of ketones is 2. The van der Waals surface area contributed by atoms with Gasteiger partial charge in [-0.15, -0.1) is 0 Å². The van der Waals surface area contributed by atoms with E-state index in [1.807, 2.05) is 13.8 Å². The number of carbonyl (C=O) groups is 2. The molecule has 0 radical (unpaired) electrons. The quantitative estimate of drug-likeness (QED) is 0.616. The Hall–Kier alpha value is -1.48. The smallest absolute Gasteiger partial charge is 0.156 e. The molecule has 18 heavy (non-hydrogen) atoms. The number of allylic oxidation sites excluding steroid dienone is 4. The van der Waals surface area contributed by atoms with Crippen molar-refractivity contribution < 1.29 is 14.7 Å². The molecule has 98 valence electrons. The summed E-state index contributed by atoms with van der Waals surface area (Å²) in [7, 11) is 0. The molecule has 0 bridgehead atoms. The molecule has 1 atom stereocenters. The zero-order chi connectivity index (χ0) is 14.0. The summed E-state index contributed by atoms with van der Waals surface area (Å²) in [6, 6.07) is 0. The lowest BCUT2D eigenvalue weighted by Crippen LogP contribution is -2.45. The highest BCUT2D eigenvalue weighted by atomic mass is 16.3. The Labute approximate surface area is 108 Å². The molecule has 0 heterocycles. The first kappa shape index (κ1) is 14.6. The normalized spacial score (nSPS) is 27.8. The molecule has 1 rings (SSSR count). The molecule has 0 spiro atoms. The molecule has 3 heteroatoms. The van der Waals surface area contributed by atoms with Crippen molar-refractivity contribution in [2.75, 3.05) is 0 Å². The van der Waals surface area contributed by atoms with Crippen LogP contribution in [0.15, 0.2) is 36.0 Å². The van der Waals surface area contributed by atoms with E-state index < -0.39 is 11.0 Å². The van der Waals surface area contributed by atoms with E-state index in [4.69, 9.17) is 0 Å². The van der Waals surface area contributed by atoms with Crippen LogP contribution in [0.5, 0.6) is 0 Å². The van der Waals surface area contributed by atoms with Gasteiger partial charge in [-0.25, -0.2) is 0 Å². The molecule has 1 aliphatic carbocycles. The van der Waals surface area contributed by atoms with Crippen LogP contribution in [-0.2, 0) is 9.59 Å². The Kier molecular flexibility index (Phi) is 4.07. The van der Waals surface area contributed by atoms with Crippen LogP contribution >= 0.6 is 0 Å². The van der Waals surface area contributed by atoms with Gasteiger partial charge in [0.2, 0.25) is 0 Å². The topological polar surface area (TPSA) is 54.4 Å². The van der Waals surface area contributed by atoms with Gasteiger partial charge >= 0.3 is 0 Å². The highest BCUT2D eigenvalue weighted by molar-refractivity contribution is 5.92. The average molecular weight is 248 g/mol. The van der Waals surface area contributed by atoms with E-state index in [1.54, 1.807) is 19.1 Å².